The van der Waals surface area contributed by atoms with E-state index in [1.165, 1.54) is 6.21 Å². The van der Waals surface area contributed by atoms with Crippen molar-refractivity contribution >= 4 is 29.6 Å². The van der Waals surface area contributed by atoms with Crippen LogP contribution in [-0.2, 0) is 14.4 Å². The second-order valence-corrected chi connectivity index (χ2v) is 10.3. The minimum atomic E-state index is -0.789. The molecule has 3 amide bonds. The highest BCUT2D eigenvalue weighted by Crippen LogP contribution is 2.28. The van der Waals surface area contributed by atoms with E-state index in [9.17, 15) is 14.4 Å². The summed E-state index contributed by atoms with van der Waals surface area (Å²) < 4.78 is 17.1. The van der Waals surface area contributed by atoms with E-state index >= 15 is 0 Å². The second-order valence-electron chi connectivity index (χ2n) is 10.3. The standard InChI is InChI=1S/C33H40N4O6/c1-6-41-29-18-25(15-16-28(29)42-20-30(38)35-26-13-8-7-9-14-26)19-34-37-33(40)27(17-22(2)3)36-31(39)21-43-32-23(4)11-10-12-24(32)5/h7-16,18-19,22,27H,6,17,20-21H2,1-5H3,(H,35,38)(H,36,39)(H,37,40)/b34-19-/t27-/m0/s1. The summed E-state index contributed by atoms with van der Waals surface area (Å²) in [4.78, 5) is 37.8. The molecule has 10 heteroatoms. The third-order valence-corrected chi connectivity index (χ3v) is 6.19. The van der Waals surface area contributed by atoms with Crippen molar-refractivity contribution in [1.29, 1.82) is 0 Å². The Bertz CT molecular complexity index is 1390. The number of benzene rings is 3. The minimum Gasteiger partial charge on any atom is -0.490 e. The molecule has 0 aliphatic carbocycles. The maximum absolute atomic E-state index is 12.9. The van der Waals surface area contributed by atoms with Gasteiger partial charge in [0.25, 0.3) is 17.7 Å². The third kappa shape index (κ3) is 10.8. The Labute approximate surface area is 252 Å². The van der Waals surface area contributed by atoms with Crippen LogP contribution >= 0.6 is 0 Å². The maximum Gasteiger partial charge on any atom is 0.262 e. The van der Waals surface area contributed by atoms with Gasteiger partial charge in [0.15, 0.2) is 24.7 Å². The van der Waals surface area contributed by atoms with Gasteiger partial charge in [-0.3, -0.25) is 14.4 Å². The van der Waals surface area contributed by atoms with E-state index < -0.39 is 17.9 Å². The first kappa shape index (κ1) is 32.7. The van der Waals surface area contributed by atoms with Crippen molar-refractivity contribution in [3.63, 3.8) is 0 Å². The van der Waals surface area contributed by atoms with E-state index in [-0.39, 0.29) is 25.0 Å². The van der Waals surface area contributed by atoms with Crippen LogP contribution in [0.4, 0.5) is 5.69 Å². The summed E-state index contributed by atoms with van der Waals surface area (Å²) in [5.74, 6) is 0.484. The van der Waals surface area contributed by atoms with E-state index in [0.29, 0.717) is 41.5 Å². The Morgan fingerprint density at radius 2 is 1.53 bits per heavy atom. The number of ether oxygens (including phenoxy) is 3. The average molecular weight is 589 g/mol. The van der Waals surface area contributed by atoms with E-state index in [1.54, 1.807) is 30.3 Å². The van der Waals surface area contributed by atoms with Crippen LogP contribution in [-0.4, -0.2) is 49.8 Å². The van der Waals surface area contributed by atoms with Crippen molar-refractivity contribution in [2.75, 3.05) is 25.1 Å². The van der Waals surface area contributed by atoms with Crippen LogP contribution in [0.1, 0.15) is 43.9 Å². The lowest BCUT2D eigenvalue weighted by atomic mass is 10.0. The lowest BCUT2D eigenvalue weighted by molar-refractivity contribution is -0.130. The van der Waals surface area contributed by atoms with Crippen LogP contribution in [0.5, 0.6) is 17.2 Å². The van der Waals surface area contributed by atoms with Crippen molar-refractivity contribution in [2.45, 2.75) is 47.1 Å². The molecular formula is C33H40N4O6. The van der Waals surface area contributed by atoms with E-state index in [2.05, 4.69) is 21.2 Å². The van der Waals surface area contributed by atoms with Crippen molar-refractivity contribution in [2.24, 2.45) is 11.0 Å². The molecule has 0 aromatic heterocycles. The summed E-state index contributed by atoms with van der Waals surface area (Å²) in [6.07, 6.45) is 1.89. The van der Waals surface area contributed by atoms with Gasteiger partial charge in [-0.15, -0.1) is 0 Å². The number of nitrogens with one attached hydrogen (secondary N) is 3. The molecule has 0 radical (unpaired) electrons. The van der Waals surface area contributed by atoms with Gasteiger partial charge < -0.3 is 24.8 Å². The summed E-state index contributed by atoms with van der Waals surface area (Å²) in [6, 6.07) is 19.2. The molecule has 228 valence electrons. The summed E-state index contributed by atoms with van der Waals surface area (Å²) in [7, 11) is 0. The van der Waals surface area contributed by atoms with Crippen molar-refractivity contribution in [3.05, 3.63) is 83.4 Å². The Morgan fingerprint density at radius 3 is 2.21 bits per heavy atom. The molecule has 1 atom stereocenters. The number of carbonyl (C=O) groups excluding carboxylic acids is 3. The number of rotatable bonds is 15. The average Bonchev–Trinajstić information content (AvgIpc) is 2.96. The van der Waals surface area contributed by atoms with Crippen LogP contribution in [0.3, 0.4) is 0 Å². The molecule has 0 aliphatic heterocycles. The molecule has 43 heavy (non-hydrogen) atoms. The SMILES string of the molecule is CCOc1cc(/C=N\NC(=O)[C@H](CC(C)C)NC(=O)COc2c(C)cccc2C)ccc1OCC(=O)Nc1ccccc1. The summed E-state index contributed by atoms with van der Waals surface area (Å²) >= 11 is 0. The Balaban J connectivity index is 1.57. The van der Waals surface area contributed by atoms with Crippen molar-refractivity contribution < 1.29 is 28.6 Å². The maximum atomic E-state index is 12.9. The molecule has 0 saturated heterocycles. The van der Waals surface area contributed by atoms with Crippen molar-refractivity contribution in [3.8, 4) is 17.2 Å². The fourth-order valence-corrected chi connectivity index (χ4v) is 4.21. The molecule has 0 aliphatic rings. The molecule has 3 rings (SSSR count). The number of hydrogen-bond acceptors (Lipinski definition) is 7. The molecule has 0 fully saturated rings. The Hall–Kier alpha value is -4.86. The molecule has 0 heterocycles. The lowest BCUT2D eigenvalue weighted by Crippen LogP contribution is -2.47. The van der Waals surface area contributed by atoms with Crippen LogP contribution in [0, 0.1) is 19.8 Å². The monoisotopic (exact) mass is 588 g/mol. The summed E-state index contributed by atoms with van der Waals surface area (Å²) in [6.45, 7) is 9.57. The zero-order valence-corrected chi connectivity index (χ0v) is 25.3. The number of carbonyl (C=O) groups is 3. The Kier molecular flexibility index (Phi) is 12.6. The van der Waals surface area contributed by atoms with Crippen LogP contribution in [0.25, 0.3) is 0 Å². The normalized spacial score (nSPS) is 11.6. The molecule has 10 nitrogen and oxygen atoms in total. The number of para-hydroxylation sites is 2. The number of hydrazone groups is 1. The highest BCUT2D eigenvalue weighted by Gasteiger charge is 2.22. The van der Waals surface area contributed by atoms with Crippen molar-refractivity contribution in [1.82, 2.24) is 10.7 Å². The minimum absolute atomic E-state index is 0.149. The van der Waals surface area contributed by atoms with Gasteiger partial charge in [-0.2, -0.15) is 5.10 Å². The first-order valence-corrected chi connectivity index (χ1v) is 14.2. The van der Waals surface area contributed by atoms with Gasteiger partial charge in [-0.05, 0) is 80.1 Å². The summed E-state index contributed by atoms with van der Waals surface area (Å²) in [5.41, 5.74) is 5.68. The predicted octanol–water partition coefficient (Wildman–Crippen LogP) is 4.78. The van der Waals surface area contributed by atoms with Gasteiger partial charge in [-0.1, -0.05) is 50.2 Å². The van der Waals surface area contributed by atoms with Gasteiger partial charge >= 0.3 is 0 Å². The quantitative estimate of drug-likeness (QED) is 0.173. The highest BCUT2D eigenvalue weighted by atomic mass is 16.5. The van der Waals surface area contributed by atoms with Gasteiger partial charge in [-0.25, -0.2) is 5.43 Å². The highest BCUT2D eigenvalue weighted by molar-refractivity contribution is 5.92. The number of aryl methyl sites for hydroxylation is 2. The number of amides is 3. The number of nitrogens with zero attached hydrogens (tertiary/aromatic N) is 1. The van der Waals surface area contributed by atoms with Crippen LogP contribution in [0.15, 0.2) is 71.8 Å². The zero-order valence-electron chi connectivity index (χ0n) is 25.3. The molecule has 0 unspecified atom stereocenters. The fourth-order valence-electron chi connectivity index (χ4n) is 4.21. The molecular weight excluding hydrogens is 548 g/mol. The summed E-state index contributed by atoms with van der Waals surface area (Å²) in [5, 5.41) is 9.60. The molecule has 3 aromatic carbocycles. The van der Waals surface area contributed by atoms with Gasteiger partial charge in [0.05, 0.1) is 12.8 Å². The molecule has 0 saturated carbocycles. The lowest BCUT2D eigenvalue weighted by Gasteiger charge is -2.19. The molecule has 3 N–H and O–H groups in total. The Morgan fingerprint density at radius 1 is 0.837 bits per heavy atom. The molecule has 3 aromatic rings. The second kappa shape index (κ2) is 16.5. The van der Waals surface area contributed by atoms with Crippen LogP contribution < -0.4 is 30.3 Å². The van der Waals surface area contributed by atoms with E-state index in [1.807, 2.05) is 71.0 Å². The smallest absolute Gasteiger partial charge is 0.262 e. The number of hydrogen-bond donors (Lipinski definition) is 3. The topological polar surface area (TPSA) is 127 Å². The zero-order chi connectivity index (χ0) is 31.2. The van der Waals surface area contributed by atoms with Gasteiger partial charge in [0.2, 0.25) is 0 Å². The largest absolute Gasteiger partial charge is 0.490 e. The molecule has 0 bridgehead atoms. The molecule has 0 spiro atoms. The van der Waals surface area contributed by atoms with Gasteiger partial charge in [0, 0.05) is 5.69 Å². The predicted molar refractivity (Wildman–Crippen MR) is 167 cm³/mol. The van der Waals surface area contributed by atoms with Gasteiger partial charge in [0.1, 0.15) is 11.8 Å². The first-order chi connectivity index (χ1) is 20.7. The third-order valence-electron chi connectivity index (χ3n) is 6.19. The van der Waals surface area contributed by atoms with Crippen LogP contribution in [0.2, 0.25) is 0 Å². The van der Waals surface area contributed by atoms with E-state index in [0.717, 1.165) is 11.1 Å². The first-order valence-electron chi connectivity index (χ1n) is 14.2. The fraction of sp³-hybridized carbons (Fsp3) is 0.333. The number of anilines is 1. The van der Waals surface area contributed by atoms with E-state index in [4.69, 9.17) is 14.2 Å².